The molecule has 4 aromatic rings. The predicted molar refractivity (Wildman–Crippen MR) is 132 cm³/mol. The smallest absolute Gasteiger partial charge is 0.320 e. The minimum absolute atomic E-state index is 0.00499. The molecule has 35 heavy (non-hydrogen) atoms. The van der Waals surface area contributed by atoms with Crippen molar-refractivity contribution in [3.8, 4) is 17.0 Å². The molecule has 0 saturated carbocycles. The number of nitrogens with one attached hydrogen (secondary N) is 2. The molecule has 0 unspecified atom stereocenters. The van der Waals surface area contributed by atoms with Gasteiger partial charge < -0.3 is 15.0 Å². The van der Waals surface area contributed by atoms with Crippen LogP contribution in [-0.2, 0) is 0 Å². The minimum atomic E-state index is -0.534. The van der Waals surface area contributed by atoms with Gasteiger partial charge in [0, 0.05) is 37.1 Å². The zero-order valence-electron chi connectivity index (χ0n) is 19.8. The number of anilines is 2. The standard InChI is InChI=1S/C25H25FN6O3/c1-5-27-25(34)30-22-9-7-17(12-28-22)20-13-29-23-15(2)10-18(14-32(20)23)31(3)24(33)16-6-8-19(26)21(11-16)35-4/h6-14H,5H2,1-4H3,(H2,27,28,30,34). The molecule has 0 bridgehead atoms. The molecule has 3 aromatic heterocycles. The molecule has 4 rings (SSSR count). The number of carbonyl (C=O) groups is 2. The first-order chi connectivity index (χ1) is 16.8. The summed E-state index contributed by atoms with van der Waals surface area (Å²) in [7, 11) is 3.00. The molecule has 3 amide bonds. The van der Waals surface area contributed by atoms with Gasteiger partial charge in [-0.25, -0.2) is 19.2 Å². The maximum atomic E-state index is 13.8. The number of rotatable bonds is 6. The third kappa shape index (κ3) is 4.77. The zero-order chi connectivity index (χ0) is 25.1. The molecule has 10 heteroatoms. The summed E-state index contributed by atoms with van der Waals surface area (Å²) in [6.45, 7) is 4.25. The van der Waals surface area contributed by atoms with Gasteiger partial charge >= 0.3 is 6.03 Å². The maximum absolute atomic E-state index is 13.8. The van der Waals surface area contributed by atoms with E-state index in [1.807, 2.05) is 36.6 Å². The number of pyridine rings is 2. The van der Waals surface area contributed by atoms with E-state index in [4.69, 9.17) is 4.74 Å². The van der Waals surface area contributed by atoms with E-state index in [2.05, 4.69) is 20.6 Å². The van der Waals surface area contributed by atoms with Crippen LogP contribution in [0.2, 0.25) is 0 Å². The van der Waals surface area contributed by atoms with E-state index in [9.17, 15) is 14.0 Å². The van der Waals surface area contributed by atoms with E-state index >= 15 is 0 Å². The molecule has 1 aromatic carbocycles. The van der Waals surface area contributed by atoms with E-state index in [1.165, 1.54) is 30.2 Å². The highest BCUT2D eigenvalue weighted by Crippen LogP contribution is 2.27. The number of imidazole rings is 1. The first-order valence-electron chi connectivity index (χ1n) is 10.9. The number of carbonyl (C=O) groups excluding carboxylic acids is 2. The van der Waals surface area contributed by atoms with Crippen molar-refractivity contribution in [1.82, 2.24) is 19.7 Å². The van der Waals surface area contributed by atoms with E-state index in [0.29, 0.717) is 23.6 Å². The van der Waals surface area contributed by atoms with Gasteiger partial charge in [0.1, 0.15) is 11.5 Å². The van der Waals surface area contributed by atoms with E-state index in [1.54, 1.807) is 25.5 Å². The highest BCUT2D eigenvalue weighted by molar-refractivity contribution is 6.06. The number of halogens is 1. The molecular weight excluding hydrogens is 451 g/mol. The van der Waals surface area contributed by atoms with Crippen molar-refractivity contribution in [2.75, 3.05) is 30.9 Å². The molecule has 0 radical (unpaired) electrons. The third-order valence-corrected chi connectivity index (χ3v) is 5.50. The average molecular weight is 477 g/mol. The molecular formula is C25H25FN6O3. The maximum Gasteiger partial charge on any atom is 0.320 e. The van der Waals surface area contributed by atoms with Crippen molar-refractivity contribution < 1.29 is 18.7 Å². The Bertz CT molecular complexity index is 1400. The number of fused-ring (bicyclic) bond motifs is 1. The first kappa shape index (κ1) is 23.7. The number of aryl methyl sites for hydroxylation is 1. The molecule has 9 nitrogen and oxygen atoms in total. The van der Waals surface area contributed by atoms with Crippen molar-refractivity contribution in [3.63, 3.8) is 0 Å². The summed E-state index contributed by atoms with van der Waals surface area (Å²) in [6.07, 6.45) is 5.18. The SMILES string of the molecule is CCNC(=O)Nc1ccc(-c2cnc3c(C)cc(N(C)C(=O)c4ccc(F)c(OC)c4)cn23)cn1. The summed E-state index contributed by atoms with van der Waals surface area (Å²) in [5.41, 5.74) is 4.09. The Morgan fingerprint density at radius 2 is 1.94 bits per heavy atom. The number of hydrogen-bond acceptors (Lipinski definition) is 5. The number of nitrogens with zero attached hydrogens (tertiary/aromatic N) is 4. The van der Waals surface area contributed by atoms with Crippen LogP contribution in [0.15, 0.2) is 55.0 Å². The Balaban J connectivity index is 1.66. The molecule has 0 saturated heterocycles. The summed E-state index contributed by atoms with van der Waals surface area (Å²) >= 11 is 0. The van der Waals surface area contributed by atoms with Crippen LogP contribution in [0.3, 0.4) is 0 Å². The fraction of sp³-hybridized carbons (Fsp3) is 0.200. The molecule has 180 valence electrons. The van der Waals surface area contributed by atoms with Crippen LogP contribution in [0.4, 0.5) is 20.7 Å². The molecule has 0 spiro atoms. The monoisotopic (exact) mass is 476 g/mol. The summed E-state index contributed by atoms with van der Waals surface area (Å²) < 4.78 is 20.7. The Hall–Kier alpha value is -4.47. The summed E-state index contributed by atoms with van der Waals surface area (Å²) in [5.74, 6) is -0.421. The van der Waals surface area contributed by atoms with Gasteiger partial charge in [-0.1, -0.05) is 0 Å². The number of benzene rings is 1. The van der Waals surface area contributed by atoms with E-state index in [-0.39, 0.29) is 17.7 Å². The van der Waals surface area contributed by atoms with E-state index in [0.717, 1.165) is 22.5 Å². The van der Waals surface area contributed by atoms with Gasteiger partial charge in [-0.3, -0.25) is 14.5 Å². The van der Waals surface area contributed by atoms with E-state index < -0.39 is 5.82 Å². The molecule has 3 heterocycles. The number of methoxy groups -OCH3 is 1. The van der Waals surface area contributed by atoms with Crippen molar-refractivity contribution in [2.45, 2.75) is 13.8 Å². The van der Waals surface area contributed by atoms with Crippen LogP contribution in [0.5, 0.6) is 5.75 Å². The van der Waals surface area contributed by atoms with Gasteiger partial charge in [0.05, 0.1) is 24.7 Å². The lowest BCUT2D eigenvalue weighted by Gasteiger charge is -2.19. The molecule has 0 aliphatic carbocycles. The van der Waals surface area contributed by atoms with Crippen molar-refractivity contribution in [3.05, 3.63) is 71.9 Å². The fourth-order valence-electron chi connectivity index (χ4n) is 3.68. The number of hydrogen-bond donors (Lipinski definition) is 2. The molecule has 0 fully saturated rings. The number of aromatic nitrogens is 3. The Morgan fingerprint density at radius 1 is 1.14 bits per heavy atom. The van der Waals surface area contributed by atoms with Crippen molar-refractivity contribution in [2.24, 2.45) is 0 Å². The second-order valence-corrected chi connectivity index (χ2v) is 7.85. The summed E-state index contributed by atoms with van der Waals surface area (Å²) in [6, 6.07) is 9.09. The molecule has 0 atom stereocenters. The zero-order valence-corrected chi connectivity index (χ0v) is 19.8. The van der Waals surface area contributed by atoms with Gasteiger partial charge in [0.15, 0.2) is 11.6 Å². The molecule has 0 aliphatic heterocycles. The molecule has 0 aliphatic rings. The normalized spacial score (nSPS) is 10.8. The van der Waals surface area contributed by atoms with Gasteiger partial charge in [0.2, 0.25) is 0 Å². The topological polar surface area (TPSA) is 101 Å². The largest absolute Gasteiger partial charge is 0.494 e. The van der Waals surface area contributed by atoms with Crippen LogP contribution >= 0.6 is 0 Å². The fourth-order valence-corrected chi connectivity index (χ4v) is 3.68. The minimum Gasteiger partial charge on any atom is -0.494 e. The van der Waals surface area contributed by atoms with Crippen molar-refractivity contribution in [1.29, 1.82) is 0 Å². The Kier molecular flexibility index (Phi) is 6.63. The van der Waals surface area contributed by atoms with Gasteiger partial charge in [-0.15, -0.1) is 0 Å². The van der Waals surface area contributed by atoms with Gasteiger partial charge in [-0.2, -0.15) is 0 Å². The number of amides is 3. The predicted octanol–water partition coefficient (Wildman–Crippen LogP) is 4.27. The van der Waals surface area contributed by atoms with Crippen LogP contribution in [0.1, 0.15) is 22.8 Å². The summed E-state index contributed by atoms with van der Waals surface area (Å²) in [4.78, 5) is 35.1. The second kappa shape index (κ2) is 9.80. The lowest BCUT2D eigenvalue weighted by molar-refractivity contribution is 0.0992. The van der Waals surface area contributed by atoms with Crippen LogP contribution in [0.25, 0.3) is 16.9 Å². The highest BCUT2D eigenvalue weighted by Gasteiger charge is 2.18. The molecule has 2 N–H and O–H groups in total. The Labute approximate surface area is 201 Å². The van der Waals surface area contributed by atoms with Crippen molar-refractivity contribution >= 4 is 29.1 Å². The summed E-state index contributed by atoms with van der Waals surface area (Å²) in [5, 5.41) is 5.32. The van der Waals surface area contributed by atoms with Gasteiger partial charge in [0.25, 0.3) is 5.91 Å². The quantitative estimate of drug-likeness (QED) is 0.433. The lowest BCUT2D eigenvalue weighted by Crippen LogP contribution is -2.28. The lowest BCUT2D eigenvalue weighted by atomic mass is 10.1. The Morgan fingerprint density at radius 3 is 2.63 bits per heavy atom. The highest BCUT2D eigenvalue weighted by atomic mass is 19.1. The van der Waals surface area contributed by atoms with Gasteiger partial charge in [-0.05, 0) is 55.8 Å². The first-order valence-corrected chi connectivity index (χ1v) is 10.9. The average Bonchev–Trinajstić information content (AvgIpc) is 3.28. The van der Waals surface area contributed by atoms with Crippen LogP contribution in [0, 0.1) is 12.7 Å². The number of ether oxygens (including phenoxy) is 1. The third-order valence-electron chi connectivity index (χ3n) is 5.50. The van der Waals surface area contributed by atoms with Crippen LogP contribution < -0.4 is 20.3 Å². The number of urea groups is 1. The second-order valence-electron chi connectivity index (χ2n) is 7.85. The van der Waals surface area contributed by atoms with Crippen LogP contribution in [-0.4, -0.2) is 47.0 Å².